The molecule has 0 radical (unpaired) electrons. The minimum Gasteiger partial charge on any atom is -0.489 e. The molecule has 0 spiro atoms. The van der Waals surface area contributed by atoms with Gasteiger partial charge in [0.1, 0.15) is 12.4 Å². The van der Waals surface area contributed by atoms with Crippen LogP contribution in [0, 0.1) is 5.92 Å². The van der Waals surface area contributed by atoms with Crippen LogP contribution in [0.1, 0.15) is 49.3 Å². The molecule has 2 aromatic rings. The summed E-state index contributed by atoms with van der Waals surface area (Å²) >= 11 is 0. The highest BCUT2D eigenvalue weighted by Crippen LogP contribution is 2.35. The highest BCUT2D eigenvalue weighted by molar-refractivity contribution is 5.29. The summed E-state index contributed by atoms with van der Waals surface area (Å²) in [6.45, 7) is 0.574. The van der Waals surface area contributed by atoms with Crippen LogP contribution in [0.3, 0.4) is 0 Å². The molecule has 0 saturated heterocycles. The Morgan fingerprint density at radius 2 is 1.73 bits per heavy atom. The molecule has 0 amide bonds. The van der Waals surface area contributed by atoms with Crippen LogP contribution in [0.4, 0.5) is 0 Å². The Balaban J connectivity index is 1.46. The summed E-state index contributed by atoms with van der Waals surface area (Å²) in [5, 5.41) is 10.2. The van der Waals surface area contributed by atoms with Gasteiger partial charge in [-0.05, 0) is 35.6 Å². The van der Waals surface area contributed by atoms with Crippen molar-refractivity contribution in [1.29, 1.82) is 0 Å². The fourth-order valence-electron chi connectivity index (χ4n) is 2.70. The molecule has 2 nitrogen and oxygen atoms in total. The van der Waals surface area contributed by atoms with Crippen LogP contribution < -0.4 is 4.74 Å². The SMILES string of the molecule is OC(CCCC1CC1)c1ccc(OCc2ccccc2)cc1. The minimum absolute atomic E-state index is 0.345. The van der Waals surface area contributed by atoms with Crippen LogP contribution in [0.2, 0.25) is 0 Å². The van der Waals surface area contributed by atoms with Crippen LogP contribution in [-0.4, -0.2) is 5.11 Å². The van der Waals surface area contributed by atoms with E-state index >= 15 is 0 Å². The molecule has 0 aromatic heterocycles. The molecule has 0 aliphatic heterocycles. The predicted molar refractivity (Wildman–Crippen MR) is 88.8 cm³/mol. The van der Waals surface area contributed by atoms with Gasteiger partial charge in [-0.3, -0.25) is 0 Å². The molecular weight excluding hydrogens is 272 g/mol. The van der Waals surface area contributed by atoms with Gasteiger partial charge in [-0.25, -0.2) is 0 Å². The third-order valence-corrected chi connectivity index (χ3v) is 4.30. The average molecular weight is 296 g/mol. The lowest BCUT2D eigenvalue weighted by Gasteiger charge is -2.12. The summed E-state index contributed by atoms with van der Waals surface area (Å²) in [7, 11) is 0. The zero-order chi connectivity index (χ0) is 15.2. The van der Waals surface area contributed by atoms with E-state index in [1.54, 1.807) is 0 Å². The van der Waals surface area contributed by atoms with Crippen molar-refractivity contribution in [3.8, 4) is 5.75 Å². The lowest BCUT2D eigenvalue weighted by atomic mass is 10.0. The first-order valence-electron chi connectivity index (χ1n) is 8.26. The summed E-state index contributed by atoms with van der Waals surface area (Å²) in [5.74, 6) is 1.79. The van der Waals surface area contributed by atoms with E-state index in [1.165, 1.54) is 19.3 Å². The van der Waals surface area contributed by atoms with Crippen LogP contribution in [0.25, 0.3) is 0 Å². The maximum atomic E-state index is 10.2. The molecule has 116 valence electrons. The van der Waals surface area contributed by atoms with Crippen molar-refractivity contribution in [3.63, 3.8) is 0 Å². The maximum absolute atomic E-state index is 10.2. The van der Waals surface area contributed by atoms with Gasteiger partial charge in [0.15, 0.2) is 0 Å². The Labute approximate surface area is 132 Å². The molecule has 1 fully saturated rings. The van der Waals surface area contributed by atoms with Crippen molar-refractivity contribution >= 4 is 0 Å². The average Bonchev–Trinajstić information content (AvgIpc) is 3.38. The summed E-state index contributed by atoms with van der Waals surface area (Å²) < 4.78 is 5.77. The standard InChI is InChI=1S/C20H24O2/c21-20(8-4-7-16-9-10-16)18-11-13-19(14-12-18)22-15-17-5-2-1-3-6-17/h1-3,5-6,11-14,16,20-21H,4,7-10,15H2. The number of aliphatic hydroxyl groups excluding tert-OH is 1. The first-order valence-corrected chi connectivity index (χ1v) is 8.26. The van der Waals surface area contributed by atoms with E-state index in [0.717, 1.165) is 35.6 Å². The van der Waals surface area contributed by atoms with E-state index in [2.05, 4.69) is 12.1 Å². The normalized spacial score (nSPS) is 15.5. The van der Waals surface area contributed by atoms with Gasteiger partial charge in [-0.1, -0.05) is 68.1 Å². The van der Waals surface area contributed by atoms with Crippen LogP contribution in [-0.2, 0) is 6.61 Å². The summed E-state index contributed by atoms with van der Waals surface area (Å²) in [4.78, 5) is 0. The zero-order valence-electron chi connectivity index (χ0n) is 12.9. The van der Waals surface area contributed by atoms with Crippen molar-refractivity contribution in [2.24, 2.45) is 5.92 Å². The zero-order valence-corrected chi connectivity index (χ0v) is 12.9. The van der Waals surface area contributed by atoms with Crippen molar-refractivity contribution < 1.29 is 9.84 Å². The van der Waals surface area contributed by atoms with E-state index in [0.29, 0.717) is 6.61 Å². The molecule has 3 rings (SSSR count). The highest BCUT2D eigenvalue weighted by Gasteiger charge is 2.20. The Morgan fingerprint density at radius 3 is 2.41 bits per heavy atom. The van der Waals surface area contributed by atoms with Gasteiger partial charge in [0.25, 0.3) is 0 Å². The molecule has 1 saturated carbocycles. The Morgan fingerprint density at radius 1 is 1.00 bits per heavy atom. The molecule has 1 atom stereocenters. The van der Waals surface area contributed by atoms with E-state index in [9.17, 15) is 5.11 Å². The molecular formula is C20H24O2. The number of aliphatic hydroxyl groups is 1. The van der Waals surface area contributed by atoms with Crippen molar-refractivity contribution in [1.82, 2.24) is 0 Å². The van der Waals surface area contributed by atoms with E-state index in [-0.39, 0.29) is 6.10 Å². The van der Waals surface area contributed by atoms with Gasteiger partial charge >= 0.3 is 0 Å². The molecule has 1 aliphatic carbocycles. The Kier molecular flexibility index (Phi) is 5.12. The lowest BCUT2D eigenvalue weighted by Crippen LogP contribution is -1.99. The van der Waals surface area contributed by atoms with Gasteiger partial charge in [0.05, 0.1) is 6.10 Å². The smallest absolute Gasteiger partial charge is 0.119 e. The second kappa shape index (κ2) is 7.46. The van der Waals surface area contributed by atoms with Crippen molar-refractivity contribution in [2.75, 3.05) is 0 Å². The predicted octanol–water partition coefficient (Wildman–Crippen LogP) is 4.88. The maximum Gasteiger partial charge on any atom is 0.119 e. The largest absolute Gasteiger partial charge is 0.489 e. The third kappa shape index (κ3) is 4.60. The summed E-state index contributed by atoms with van der Waals surface area (Å²) in [6.07, 6.45) is 5.70. The lowest BCUT2D eigenvalue weighted by molar-refractivity contribution is 0.163. The molecule has 1 unspecified atom stereocenters. The fraction of sp³-hybridized carbons (Fsp3) is 0.400. The summed E-state index contributed by atoms with van der Waals surface area (Å²) in [6, 6.07) is 18.0. The molecule has 0 bridgehead atoms. The van der Waals surface area contributed by atoms with Crippen molar-refractivity contribution in [3.05, 3.63) is 65.7 Å². The second-order valence-corrected chi connectivity index (χ2v) is 6.23. The van der Waals surface area contributed by atoms with Crippen molar-refractivity contribution in [2.45, 2.75) is 44.8 Å². The number of rotatable bonds is 8. The number of hydrogen-bond acceptors (Lipinski definition) is 2. The number of hydrogen-bond donors (Lipinski definition) is 1. The Hall–Kier alpha value is -1.80. The van der Waals surface area contributed by atoms with Crippen LogP contribution >= 0.6 is 0 Å². The number of ether oxygens (including phenoxy) is 1. The van der Waals surface area contributed by atoms with E-state index < -0.39 is 0 Å². The van der Waals surface area contributed by atoms with Gasteiger partial charge < -0.3 is 9.84 Å². The first-order chi connectivity index (χ1) is 10.8. The number of benzene rings is 2. The van der Waals surface area contributed by atoms with Gasteiger partial charge in [0, 0.05) is 0 Å². The summed E-state index contributed by atoms with van der Waals surface area (Å²) in [5.41, 5.74) is 2.15. The topological polar surface area (TPSA) is 29.5 Å². The second-order valence-electron chi connectivity index (χ2n) is 6.23. The quantitative estimate of drug-likeness (QED) is 0.752. The first kappa shape index (κ1) is 15.1. The highest BCUT2D eigenvalue weighted by atomic mass is 16.5. The fourth-order valence-corrected chi connectivity index (χ4v) is 2.70. The van der Waals surface area contributed by atoms with Crippen LogP contribution in [0.15, 0.2) is 54.6 Å². The molecule has 22 heavy (non-hydrogen) atoms. The van der Waals surface area contributed by atoms with E-state index in [4.69, 9.17) is 4.74 Å². The molecule has 1 aliphatic rings. The van der Waals surface area contributed by atoms with Crippen LogP contribution in [0.5, 0.6) is 5.75 Å². The Bertz CT molecular complexity index is 558. The van der Waals surface area contributed by atoms with Gasteiger partial charge in [-0.15, -0.1) is 0 Å². The monoisotopic (exact) mass is 296 g/mol. The van der Waals surface area contributed by atoms with Gasteiger partial charge in [0.2, 0.25) is 0 Å². The molecule has 2 aromatic carbocycles. The van der Waals surface area contributed by atoms with E-state index in [1.807, 2.05) is 42.5 Å². The molecule has 1 N–H and O–H groups in total. The van der Waals surface area contributed by atoms with Gasteiger partial charge in [-0.2, -0.15) is 0 Å². The molecule has 2 heteroatoms. The third-order valence-electron chi connectivity index (χ3n) is 4.30. The minimum atomic E-state index is -0.345. The molecule has 0 heterocycles.